The van der Waals surface area contributed by atoms with Crippen LogP contribution in [0.4, 0.5) is 18.9 Å². The van der Waals surface area contributed by atoms with E-state index >= 15 is 0 Å². The highest BCUT2D eigenvalue weighted by Crippen LogP contribution is 2.39. The Balaban J connectivity index is 1.23. The average molecular weight is 688 g/mol. The predicted molar refractivity (Wildman–Crippen MR) is 181 cm³/mol. The highest BCUT2D eigenvalue weighted by molar-refractivity contribution is 5.98. The molecule has 4 atom stereocenters. The number of ether oxygens (including phenoxy) is 2. The lowest BCUT2D eigenvalue weighted by molar-refractivity contribution is -0.253. The third-order valence-electron chi connectivity index (χ3n) is 9.06. The van der Waals surface area contributed by atoms with E-state index in [2.05, 4.69) is 34.5 Å². The van der Waals surface area contributed by atoms with Gasteiger partial charge in [0.05, 0.1) is 18.8 Å². The minimum Gasteiger partial charge on any atom is -0.392 e. The second-order valence-corrected chi connectivity index (χ2v) is 12.8. The van der Waals surface area contributed by atoms with Gasteiger partial charge < -0.3 is 24.8 Å². The number of aliphatic hydroxyl groups excluding tert-OH is 1. The molecule has 11 heteroatoms. The number of anilines is 1. The number of alkyl halides is 3. The molecule has 4 aromatic rings. The van der Waals surface area contributed by atoms with E-state index in [1.54, 1.807) is 18.2 Å². The summed E-state index contributed by atoms with van der Waals surface area (Å²) in [5, 5.41) is 12.3. The molecule has 0 radical (unpaired) electrons. The maximum atomic E-state index is 13.2. The van der Waals surface area contributed by atoms with Crippen LogP contribution in [0.3, 0.4) is 0 Å². The molecule has 0 spiro atoms. The van der Waals surface area contributed by atoms with E-state index in [1.165, 1.54) is 11.1 Å². The predicted octanol–water partition coefficient (Wildman–Crippen LogP) is 6.92. The van der Waals surface area contributed by atoms with E-state index in [0.717, 1.165) is 11.1 Å². The Morgan fingerprint density at radius 2 is 1.48 bits per heavy atom. The minimum absolute atomic E-state index is 0.0738. The molecule has 0 aliphatic carbocycles. The van der Waals surface area contributed by atoms with Crippen LogP contribution in [0, 0.1) is 0 Å². The first-order valence-electron chi connectivity index (χ1n) is 16.8. The molecule has 0 unspecified atom stereocenters. The summed E-state index contributed by atoms with van der Waals surface area (Å²) in [6.07, 6.45) is -5.47. The summed E-state index contributed by atoms with van der Waals surface area (Å²) in [4.78, 5) is 28.1. The topological polar surface area (TPSA) is 91.3 Å². The van der Waals surface area contributed by atoms with E-state index in [0.29, 0.717) is 48.6 Å². The molecule has 262 valence electrons. The van der Waals surface area contributed by atoms with E-state index in [9.17, 15) is 27.9 Å². The van der Waals surface area contributed by atoms with Crippen LogP contribution in [0.2, 0.25) is 0 Å². The number of amides is 2. The van der Waals surface area contributed by atoms with Crippen LogP contribution in [0.15, 0.2) is 109 Å². The molecule has 2 amide bonds. The van der Waals surface area contributed by atoms with Crippen molar-refractivity contribution >= 4 is 17.5 Å². The van der Waals surface area contributed by atoms with Crippen LogP contribution >= 0.6 is 0 Å². The van der Waals surface area contributed by atoms with E-state index in [-0.39, 0.29) is 31.8 Å². The zero-order valence-corrected chi connectivity index (χ0v) is 27.5. The maximum absolute atomic E-state index is 13.2. The van der Waals surface area contributed by atoms with Gasteiger partial charge in [0.2, 0.25) is 5.91 Å². The van der Waals surface area contributed by atoms with Gasteiger partial charge in [-0.05, 0) is 47.2 Å². The summed E-state index contributed by atoms with van der Waals surface area (Å²) in [6.45, 7) is 1.79. The van der Waals surface area contributed by atoms with Gasteiger partial charge in [-0.1, -0.05) is 97.1 Å². The molecular formula is C39H40F3N3O5. The van der Waals surface area contributed by atoms with Crippen molar-refractivity contribution in [2.75, 3.05) is 18.4 Å². The summed E-state index contributed by atoms with van der Waals surface area (Å²) in [7, 11) is 0. The first-order valence-corrected chi connectivity index (χ1v) is 16.8. The lowest BCUT2D eigenvalue weighted by atomic mass is 9.99. The van der Waals surface area contributed by atoms with Crippen LogP contribution < -0.4 is 5.32 Å². The number of rotatable bonds is 11. The van der Waals surface area contributed by atoms with Crippen LogP contribution in [0.5, 0.6) is 0 Å². The molecular weight excluding hydrogens is 647 g/mol. The monoisotopic (exact) mass is 687 g/mol. The van der Waals surface area contributed by atoms with Crippen molar-refractivity contribution in [3.8, 4) is 0 Å². The summed E-state index contributed by atoms with van der Waals surface area (Å²) in [6, 6.07) is 33.7. The highest BCUT2D eigenvalue weighted by Gasteiger charge is 2.47. The second-order valence-electron chi connectivity index (χ2n) is 12.8. The van der Waals surface area contributed by atoms with Gasteiger partial charge in [0.1, 0.15) is 6.04 Å². The van der Waals surface area contributed by atoms with Crippen molar-refractivity contribution in [2.45, 2.75) is 69.7 Å². The molecule has 0 bridgehead atoms. The second kappa shape index (κ2) is 16.0. The molecule has 2 heterocycles. The Kier molecular flexibility index (Phi) is 11.3. The molecule has 50 heavy (non-hydrogen) atoms. The average Bonchev–Trinajstić information content (AvgIpc) is 3.62. The molecule has 2 N–H and O–H groups in total. The van der Waals surface area contributed by atoms with Gasteiger partial charge in [0, 0.05) is 43.9 Å². The number of hydrogen-bond donors (Lipinski definition) is 2. The Morgan fingerprint density at radius 3 is 2.10 bits per heavy atom. The number of carbonyl (C=O) groups excluding carboxylic acids is 2. The number of benzene rings is 4. The molecule has 2 aliphatic rings. The van der Waals surface area contributed by atoms with Gasteiger partial charge in [-0.2, -0.15) is 13.2 Å². The lowest BCUT2D eigenvalue weighted by Crippen LogP contribution is -2.48. The lowest BCUT2D eigenvalue weighted by Gasteiger charge is -2.38. The van der Waals surface area contributed by atoms with Gasteiger partial charge in [0.15, 0.2) is 6.29 Å². The van der Waals surface area contributed by atoms with Crippen LogP contribution in [-0.2, 0) is 38.8 Å². The standard InChI is InChI=1S/C39H40F3N3O5/c40-39(41,42)38(48)45-20-8-15-34(45)36(47)43-32-14-7-13-31(21-32)37-49-33(22-35(50-37)30-18-16-29(26-46)17-19-30)25-44(23-27-9-3-1-4-10-27)24-28-11-5-2-6-12-28/h1-7,9-14,16-19,21,33-35,37,46H,8,15,20,22-26H2,(H,43,47)/t33-,34-,35+,37+/m0/s1. The number of halogens is 3. The third-order valence-corrected chi connectivity index (χ3v) is 9.06. The van der Waals surface area contributed by atoms with Crippen molar-refractivity contribution in [3.05, 3.63) is 137 Å². The first kappa shape index (κ1) is 35.3. The number of carbonyl (C=O) groups is 2. The van der Waals surface area contributed by atoms with Crippen molar-refractivity contribution < 1.29 is 37.3 Å². The normalized spacial score (nSPS) is 20.9. The summed E-state index contributed by atoms with van der Waals surface area (Å²) >= 11 is 0. The smallest absolute Gasteiger partial charge is 0.392 e. The van der Waals surface area contributed by atoms with Crippen molar-refractivity contribution in [1.29, 1.82) is 0 Å². The Bertz CT molecular complexity index is 1680. The third kappa shape index (κ3) is 8.97. The molecule has 2 aliphatic heterocycles. The molecule has 4 aromatic carbocycles. The number of nitrogens with zero attached hydrogens (tertiary/aromatic N) is 2. The number of likely N-dealkylation sites (tertiary alicyclic amines) is 1. The number of hydrogen-bond acceptors (Lipinski definition) is 6. The maximum Gasteiger partial charge on any atom is 0.471 e. The fourth-order valence-corrected chi connectivity index (χ4v) is 6.62. The fourth-order valence-electron chi connectivity index (χ4n) is 6.62. The summed E-state index contributed by atoms with van der Waals surface area (Å²) < 4.78 is 52.7. The highest BCUT2D eigenvalue weighted by atomic mass is 19.4. The Hall–Kier alpha value is -4.55. The Morgan fingerprint density at radius 1 is 0.820 bits per heavy atom. The molecule has 0 saturated carbocycles. The first-order chi connectivity index (χ1) is 24.2. The van der Waals surface area contributed by atoms with Crippen LogP contribution in [0.1, 0.15) is 59.5 Å². The molecule has 8 nitrogen and oxygen atoms in total. The summed E-state index contributed by atoms with van der Waals surface area (Å²) in [5.74, 6) is -2.69. The van der Waals surface area contributed by atoms with Gasteiger partial charge in [-0.3, -0.25) is 14.5 Å². The Labute approximate surface area is 289 Å². The van der Waals surface area contributed by atoms with Gasteiger partial charge in [0.25, 0.3) is 0 Å². The number of aliphatic hydroxyl groups is 1. The summed E-state index contributed by atoms with van der Waals surface area (Å²) in [5.41, 5.74) is 5.03. The quantitative estimate of drug-likeness (QED) is 0.178. The van der Waals surface area contributed by atoms with E-state index < -0.39 is 30.3 Å². The van der Waals surface area contributed by atoms with Crippen LogP contribution in [0.25, 0.3) is 0 Å². The fraction of sp³-hybridized carbons (Fsp3) is 0.333. The van der Waals surface area contributed by atoms with E-state index in [4.69, 9.17) is 9.47 Å². The largest absolute Gasteiger partial charge is 0.471 e. The zero-order chi connectivity index (χ0) is 35.1. The van der Waals surface area contributed by atoms with Crippen molar-refractivity contribution in [1.82, 2.24) is 9.80 Å². The van der Waals surface area contributed by atoms with Crippen LogP contribution in [-0.4, -0.2) is 58.1 Å². The van der Waals surface area contributed by atoms with Crippen molar-refractivity contribution in [2.24, 2.45) is 0 Å². The van der Waals surface area contributed by atoms with Gasteiger partial charge in [-0.15, -0.1) is 0 Å². The van der Waals surface area contributed by atoms with E-state index in [1.807, 2.05) is 66.7 Å². The zero-order valence-electron chi connectivity index (χ0n) is 27.5. The van der Waals surface area contributed by atoms with Crippen molar-refractivity contribution in [3.63, 3.8) is 0 Å². The molecule has 0 aromatic heterocycles. The minimum atomic E-state index is -5.05. The van der Waals surface area contributed by atoms with Gasteiger partial charge in [-0.25, -0.2) is 0 Å². The number of nitrogens with one attached hydrogen (secondary N) is 1. The van der Waals surface area contributed by atoms with Gasteiger partial charge >= 0.3 is 12.1 Å². The SMILES string of the molecule is O=C(Nc1cccc([C@@H]2O[C@H](CN(Cc3ccccc3)Cc3ccccc3)C[C@H](c3ccc(CO)cc3)O2)c1)[C@@H]1CCCN1C(=O)C(F)(F)F. The molecule has 6 rings (SSSR count). The molecule has 2 saturated heterocycles. The molecule has 2 fully saturated rings.